The highest BCUT2D eigenvalue weighted by molar-refractivity contribution is 6.67. The molecule has 0 bridgehead atoms. The number of benzene rings is 1. The Kier molecular flexibility index (Phi) is 4.52. The fraction of sp³-hybridized carbons (Fsp3) is 0.250. The van der Waals surface area contributed by atoms with Crippen molar-refractivity contribution in [2.24, 2.45) is 0 Å². The lowest BCUT2D eigenvalue weighted by Crippen LogP contribution is -2.04. The number of halogens is 6. The van der Waals surface area contributed by atoms with Crippen LogP contribution in [0.5, 0.6) is 0 Å². The van der Waals surface area contributed by atoms with Crippen molar-refractivity contribution in [3.05, 3.63) is 34.3 Å². The maximum Gasteiger partial charge on any atom is 0.216 e. The molecule has 0 spiro atoms. The van der Waals surface area contributed by atoms with Gasteiger partial charge in [0.05, 0.1) is 0 Å². The molecule has 0 unspecified atom stereocenters. The highest BCUT2D eigenvalue weighted by Gasteiger charge is 2.27. The molecule has 1 aromatic rings. The monoisotopic (exact) mass is 310 g/mol. The van der Waals surface area contributed by atoms with Crippen molar-refractivity contribution < 1.29 is 0 Å². The Morgan fingerprint density at radius 1 is 1.07 bits per heavy atom. The minimum atomic E-state index is -1.55. The minimum Gasteiger partial charge on any atom is -0.100 e. The van der Waals surface area contributed by atoms with E-state index < -0.39 is 8.63 Å². The second-order valence-electron chi connectivity index (χ2n) is 2.53. The van der Waals surface area contributed by atoms with E-state index in [4.69, 9.17) is 69.6 Å². The van der Waals surface area contributed by atoms with Gasteiger partial charge in [-0.1, -0.05) is 52.5 Å². The Bertz CT molecular complexity index is 327. The van der Waals surface area contributed by atoms with Crippen LogP contribution in [0.4, 0.5) is 0 Å². The molecule has 0 amide bonds. The number of hydrogen-bond donors (Lipinski definition) is 0. The van der Waals surface area contributed by atoms with Gasteiger partial charge in [0.1, 0.15) is 4.84 Å². The van der Waals surface area contributed by atoms with Crippen LogP contribution in [-0.2, 0) is 3.79 Å². The van der Waals surface area contributed by atoms with E-state index in [1.165, 1.54) is 0 Å². The zero-order valence-electron chi connectivity index (χ0n) is 6.58. The molecule has 0 aromatic heterocycles. The molecular formula is C8H4Cl6. The van der Waals surface area contributed by atoms with Gasteiger partial charge >= 0.3 is 0 Å². The molecule has 0 atom stereocenters. The van der Waals surface area contributed by atoms with Crippen LogP contribution in [0.15, 0.2) is 18.2 Å². The second-order valence-corrected chi connectivity index (χ2v) is 6.34. The Labute approximate surface area is 112 Å². The molecule has 78 valence electrons. The summed E-state index contributed by atoms with van der Waals surface area (Å²) < 4.78 is -1.55. The van der Waals surface area contributed by atoms with E-state index in [0.717, 1.165) is 0 Å². The standard InChI is InChI=1S/C8H4Cl6/c9-4-1-2-6(8(12,13)14)5(3-4)7(10)11/h1-3,7H. The summed E-state index contributed by atoms with van der Waals surface area (Å²) >= 11 is 34.4. The minimum absolute atomic E-state index is 0.432. The first-order chi connectivity index (χ1) is 6.32. The Morgan fingerprint density at radius 3 is 2.07 bits per heavy atom. The molecule has 0 aliphatic heterocycles. The summed E-state index contributed by atoms with van der Waals surface area (Å²) in [5.41, 5.74) is 0.933. The van der Waals surface area contributed by atoms with Gasteiger partial charge in [0, 0.05) is 10.6 Å². The number of rotatable bonds is 1. The van der Waals surface area contributed by atoms with Crippen LogP contribution in [0.1, 0.15) is 16.0 Å². The zero-order chi connectivity index (χ0) is 10.9. The molecule has 0 nitrogen and oxygen atoms in total. The number of alkyl halides is 5. The number of hydrogen-bond acceptors (Lipinski definition) is 0. The van der Waals surface area contributed by atoms with Gasteiger partial charge in [-0.2, -0.15) is 0 Å². The fourth-order valence-electron chi connectivity index (χ4n) is 0.972. The third-order valence-electron chi connectivity index (χ3n) is 1.55. The van der Waals surface area contributed by atoms with Crippen molar-refractivity contribution in [3.63, 3.8) is 0 Å². The van der Waals surface area contributed by atoms with E-state index in [1.807, 2.05) is 0 Å². The molecule has 1 rings (SSSR count). The molecular weight excluding hydrogens is 309 g/mol. The average molecular weight is 313 g/mol. The van der Waals surface area contributed by atoms with Crippen LogP contribution >= 0.6 is 69.6 Å². The summed E-state index contributed by atoms with van der Waals surface area (Å²) in [7, 11) is 0. The van der Waals surface area contributed by atoms with Crippen LogP contribution in [0.25, 0.3) is 0 Å². The first-order valence-corrected chi connectivity index (χ1v) is 5.85. The van der Waals surface area contributed by atoms with Crippen LogP contribution in [0.3, 0.4) is 0 Å². The largest absolute Gasteiger partial charge is 0.216 e. The highest BCUT2D eigenvalue weighted by Crippen LogP contribution is 2.44. The smallest absolute Gasteiger partial charge is 0.100 e. The van der Waals surface area contributed by atoms with Gasteiger partial charge < -0.3 is 0 Å². The Morgan fingerprint density at radius 2 is 1.64 bits per heavy atom. The molecule has 6 heteroatoms. The normalized spacial score (nSPS) is 12.2. The van der Waals surface area contributed by atoms with E-state index in [1.54, 1.807) is 18.2 Å². The third kappa shape index (κ3) is 3.23. The van der Waals surface area contributed by atoms with Crippen LogP contribution in [-0.4, -0.2) is 0 Å². The predicted molar refractivity (Wildman–Crippen MR) is 65.1 cm³/mol. The first-order valence-electron chi connectivity index (χ1n) is 3.47. The SMILES string of the molecule is Clc1ccc(C(Cl)(Cl)Cl)c(C(Cl)Cl)c1. The van der Waals surface area contributed by atoms with Crippen molar-refractivity contribution in [3.8, 4) is 0 Å². The Balaban J connectivity index is 3.29. The summed E-state index contributed by atoms with van der Waals surface area (Å²) in [5, 5.41) is 0.490. The molecule has 0 aliphatic rings. The van der Waals surface area contributed by atoms with Gasteiger partial charge in [0.2, 0.25) is 3.79 Å². The van der Waals surface area contributed by atoms with Gasteiger partial charge in [-0.15, -0.1) is 23.2 Å². The maximum atomic E-state index is 5.76. The lowest BCUT2D eigenvalue weighted by Gasteiger charge is -2.17. The topological polar surface area (TPSA) is 0 Å². The molecule has 0 saturated heterocycles. The molecule has 1 aromatic carbocycles. The van der Waals surface area contributed by atoms with E-state index in [9.17, 15) is 0 Å². The lowest BCUT2D eigenvalue weighted by molar-refractivity contribution is 1.16. The van der Waals surface area contributed by atoms with E-state index in [-0.39, 0.29) is 0 Å². The molecule has 14 heavy (non-hydrogen) atoms. The molecule has 0 saturated carbocycles. The van der Waals surface area contributed by atoms with Crippen molar-refractivity contribution in [1.29, 1.82) is 0 Å². The van der Waals surface area contributed by atoms with Gasteiger partial charge in [0.25, 0.3) is 0 Å². The van der Waals surface area contributed by atoms with Gasteiger partial charge in [-0.05, 0) is 17.7 Å². The predicted octanol–water partition coefficient (Wildman–Crippen LogP) is 5.64. The van der Waals surface area contributed by atoms with Crippen LogP contribution < -0.4 is 0 Å². The van der Waals surface area contributed by atoms with E-state index in [2.05, 4.69) is 0 Å². The summed E-state index contributed by atoms with van der Waals surface area (Å²) in [5.74, 6) is 0. The summed E-state index contributed by atoms with van der Waals surface area (Å²) in [6, 6.07) is 4.77. The van der Waals surface area contributed by atoms with Gasteiger partial charge in [-0.25, -0.2) is 0 Å². The van der Waals surface area contributed by atoms with Crippen molar-refractivity contribution in [2.75, 3.05) is 0 Å². The summed E-state index contributed by atoms with van der Waals surface area (Å²) in [6.45, 7) is 0. The van der Waals surface area contributed by atoms with Crippen molar-refractivity contribution in [1.82, 2.24) is 0 Å². The molecule has 0 heterocycles. The zero-order valence-corrected chi connectivity index (χ0v) is 11.1. The van der Waals surface area contributed by atoms with Gasteiger partial charge in [-0.3, -0.25) is 0 Å². The highest BCUT2D eigenvalue weighted by atomic mass is 35.6. The summed E-state index contributed by atoms with van der Waals surface area (Å²) in [4.78, 5) is -0.778. The van der Waals surface area contributed by atoms with E-state index >= 15 is 0 Å². The van der Waals surface area contributed by atoms with E-state index in [0.29, 0.717) is 16.1 Å². The van der Waals surface area contributed by atoms with Crippen molar-refractivity contribution >= 4 is 69.6 Å². The fourth-order valence-corrected chi connectivity index (χ4v) is 2.03. The van der Waals surface area contributed by atoms with Crippen LogP contribution in [0.2, 0.25) is 5.02 Å². The molecule has 0 N–H and O–H groups in total. The molecule has 0 aliphatic carbocycles. The summed E-state index contributed by atoms with van der Waals surface area (Å²) in [6.07, 6.45) is 0. The van der Waals surface area contributed by atoms with Crippen molar-refractivity contribution in [2.45, 2.75) is 8.63 Å². The average Bonchev–Trinajstić information content (AvgIpc) is 2.01. The lowest BCUT2D eigenvalue weighted by atomic mass is 10.1. The van der Waals surface area contributed by atoms with Crippen LogP contribution in [0, 0.1) is 0 Å². The maximum absolute atomic E-state index is 5.76. The molecule has 0 radical (unpaired) electrons. The second kappa shape index (κ2) is 4.86. The Hall–Kier alpha value is 0.960. The quantitative estimate of drug-likeness (QED) is 0.588. The first kappa shape index (κ1) is 13.0. The van der Waals surface area contributed by atoms with Gasteiger partial charge in [0.15, 0.2) is 0 Å². The molecule has 0 fully saturated rings. The third-order valence-corrected chi connectivity index (χ3v) is 2.87.